The van der Waals surface area contributed by atoms with Gasteiger partial charge in [-0.15, -0.1) is 11.3 Å². The molecule has 0 fully saturated rings. The van der Waals surface area contributed by atoms with Crippen LogP contribution in [0.3, 0.4) is 0 Å². The van der Waals surface area contributed by atoms with Gasteiger partial charge in [0, 0.05) is 23.1 Å². The van der Waals surface area contributed by atoms with Crippen LogP contribution in [0.15, 0.2) is 46.2 Å². The largest absolute Gasteiger partial charge is 0.453 e. The second-order valence-electron chi connectivity index (χ2n) is 4.67. The van der Waals surface area contributed by atoms with Gasteiger partial charge in [-0.2, -0.15) is 0 Å². The first-order valence-electron chi connectivity index (χ1n) is 6.77. The lowest BCUT2D eigenvalue weighted by Crippen LogP contribution is -2.10. The number of hydrogen-bond donors (Lipinski definition) is 1. The van der Waals surface area contributed by atoms with Crippen LogP contribution < -0.4 is 5.32 Å². The van der Waals surface area contributed by atoms with Crippen molar-refractivity contribution in [3.8, 4) is 11.3 Å². The molecule has 1 aromatic carbocycles. The van der Waals surface area contributed by atoms with Gasteiger partial charge in [0.1, 0.15) is 12.4 Å². The van der Waals surface area contributed by atoms with Crippen molar-refractivity contribution in [3.63, 3.8) is 0 Å². The van der Waals surface area contributed by atoms with Gasteiger partial charge in [0.05, 0.1) is 5.69 Å². The number of nitrogens with zero attached hydrogens (tertiary/aromatic N) is 1. The molecule has 0 saturated heterocycles. The average molecular weight is 349 g/mol. The van der Waals surface area contributed by atoms with E-state index in [9.17, 15) is 4.79 Å². The van der Waals surface area contributed by atoms with Crippen molar-refractivity contribution in [1.82, 2.24) is 4.98 Å². The highest BCUT2D eigenvalue weighted by atomic mass is 35.5. The summed E-state index contributed by atoms with van der Waals surface area (Å²) in [7, 11) is 1.56. The van der Waals surface area contributed by atoms with Crippen LogP contribution in [0.25, 0.3) is 11.3 Å². The Bertz CT molecular complexity index is 828. The molecular formula is C16H13ClN2O3S. The quantitative estimate of drug-likeness (QED) is 0.739. The molecule has 0 aliphatic carbocycles. The Balaban J connectivity index is 1.73. The molecular weight excluding hydrogens is 336 g/mol. The zero-order valence-electron chi connectivity index (χ0n) is 12.2. The minimum atomic E-state index is -0.354. The van der Waals surface area contributed by atoms with Crippen molar-refractivity contribution in [2.75, 3.05) is 12.4 Å². The number of carbonyl (C=O) groups is 1. The maximum absolute atomic E-state index is 12.1. The summed E-state index contributed by atoms with van der Waals surface area (Å²) in [5.41, 5.74) is 1.54. The molecule has 0 spiro atoms. The molecule has 0 atom stereocenters. The van der Waals surface area contributed by atoms with Crippen molar-refractivity contribution in [2.24, 2.45) is 0 Å². The average Bonchev–Trinajstić information content (AvgIpc) is 3.18. The molecule has 7 heteroatoms. The van der Waals surface area contributed by atoms with E-state index in [0.717, 1.165) is 11.3 Å². The Hall–Kier alpha value is -2.15. The van der Waals surface area contributed by atoms with Crippen LogP contribution in [0, 0.1) is 0 Å². The first-order valence-corrected chi connectivity index (χ1v) is 8.02. The Labute approximate surface area is 141 Å². The number of amides is 1. The van der Waals surface area contributed by atoms with Gasteiger partial charge in [0.2, 0.25) is 0 Å². The Morgan fingerprint density at radius 3 is 2.96 bits per heavy atom. The number of benzene rings is 1. The molecule has 118 valence electrons. The summed E-state index contributed by atoms with van der Waals surface area (Å²) in [5, 5.41) is 5.65. The number of rotatable bonds is 5. The first kappa shape index (κ1) is 15.7. The monoisotopic (exact) mass is 348 g/mol. The van der Waals surface area contributed by atoms with Gasteiger partial charge in [0.15, 0.2) is 10.9 Å². The van der Waals surface area contributed by atoms with E-state index in [1.165, 1.54) is 11.3 Å². The highest BCUT2D eigenvalue weighted by Crippen LogP contribution is 2.30. The molecule has 5 nitrogen and oxygen atoms in total. The van der Waals surface area contributed by atoms with Gasteiger partial charge in [0.25, 0.3) is 5.91 Å². The minimum absolute atomic E-state index is 0.214. The summed E-state index contributed by atoms with van der Waals surface area (Å²) in [6.07, 6.45) is 0. The maximum atomic E-state index is 12.1. The van der Waals surface area contributed by atoms with E-state index in [0.29, 0.717) is 22.5 Å². The maximum Gasteiger partial charge on any atom is 0.293 e. The van der Waals surface area contributed by atoms with E-state index in [-0.39, 0.29) is 11.7 Å². The standard InChI is InChI=1S/C16H13ClN2O3S/c1-21-8-10-6-7-14(22-10)15(20)19-16-18-13(9-23-16)11-4-2-3-5-12(11)17/h2-7,9H,8H2,1H3,(H,18,19,20). The zero-order valence-corrected chi connectivity index (χ0v) is 13.8. The molecule has 1 N–H and O–H groups in total. The lowest BCUT2D eigenvalue weighted by atomic mass is 10.2. The molecule has 0 saturated carbocycles. The highest BCUT2D eigenvalue weighted by Gasteiger charge is 2.14. The highest BCUT2D eigenvalue weighted by molar-refractivity contribution is 7.14. The Morgan fingerprint density at radius 1 is 1.35 bits per heavy atom. The fraction of sp³-hybridized carbons (Fsp3) is 0.125. The number of anilines is 1. The van der Waals surface area contributed by atoms with Gasteiger partial charge in [-0.05, 0) is 18.2 Å². The van der Waals surface area contributed by atoms with Crippen molar-refractivity contribution >= 4 is 34.0 Å². The normalized spacial score (nSPS) is 10.7. The van der Waals surface area contributed by atoms with Gasteiger partial charge in [-0.1, -0.05) is 29.8 Å². The third-order valence-electron chi connectivity index (χ3n) is 3.05. The van der Waals surface area contributed by atoms with Crippen molar-refractivity contribution in [1.29, 1.82) is 0 Å². The van der Waals surface area contributed by atoms with Crippen molar-refractivity contribution in [2.45, 2.75) is 6.61 Å². The Kier molecular flexibility index (Phi) is 4.76. The van der Waals surface area contributed by atoms with Crippen LogP contribution in [0.4, 0.5) is 5.13 Å². The predicted molar refractivity (Wildman–Crippen MR) is 89.9 cm³/mol. The molecule has 0 aliphatic rings. The topological polar surface area (TPSA) is 64.4 Å². The molecule has 1 amide bonds. The van der Waals surface area contributed by atoms with Gasteiger partial charge >= 0.3 is 0 Å². The summed E-state index contributed by atoms with van der Waals surface area (Å²) in [4.78, 5) is 16.5. The number of furan rings is 1. The van der Waals surface area contributed by atoms with Crippen LogP contribution in [-0.2, 0) is 11.3 Å². The minimum Gasteiger partial charge on any atom is -0.453 e. The van der Waals surface area contributed by atoms with Crippen LogP contribution in [-0.4, -0.2) is 18.0 Å². The fourth-order valence-electron chi connectivity index (χ4n) is 2.00. The second-order valence-corrected chi connectivity index (χ2v) is 5.94. The van der Waals surface area contributed by atoms with E-state index >= 15 is 0 Å². The van der Waals surface area contributed by atoms with Gasteiger partial charge in [-0.25, -0.2) is 4.98 Å². The Morgan fingerprint density at radius 2 is 2.17 bits per heavy atom. The van der Waals surface area contributed by atoms with Gasteiger partial charge < -0.3 is 9.15 Å². The van der Waals surface area contributed by atoms with E-state index in [4.69, 9.17) is 20.8 Å². The van der Waals surface area contributed by atoms with Crippen molar-refractivity contribution in [3.05, 3.63) is 58.3 Å². The number of nitrogens with one attached hydrogen (secondary N) is 1. The number of methoxy groups -OCH3 is 1. The van der Waals surface area contributed by atoms with Crippen molar-refractivity contribution < 1.29 is 13.9 Å². The summed E-state index contributed by atoms with van der Waals surface area (Å²) in [5.74, 6) is 0.451. The van der Waals surface area contributed by atoms with Gasteiger partial charge in [-0.3, -0.25) is 10.1 Å². The van der Waals surface area contributed by atoms with Crippen LogP contribution >= 0.6 is 22.9 Å². The lowest BCUT2D eigenvalue weighted by molar-refractivity contribution is 0.0987. The molecule has 3 aromatic rings. The number of hydrogen-bond acceptors (Lipinski definition) is 5. The fourth-order valence-corrected chi connectivity index (χ4v) is 2.94. The molecule has 2 heterocycles. The summed E-state index contributed by atoms with van der Waals surface area (Å²) < 4.78 is 10.3. The summed E-state index contributed by atoms with van der Waals surface area (Å²) in [6, 6.07) is 10.7. The number of aromatic nitrogens is 1. The third kappa shape index (κ3) is 3.61. The SMILES string of the molecule is COCc1ccc(C(=O)Nc2nc(-c3ccccc3Cl)cs2)o1. The zero-order chi connectivity index (χ0) is 16.2. The number of carbonyl (C=O) groups excluding carboxylic acids is 1. The van der Waals surface area contributed by atoms with Crippen LogP contribution in [0.1, 0.15) is 16.3 Å². The molecule has 3 rings (SSSR count). The van der Waals surface area contributed by atoms with E-state index in [1.54, 1.807) is 25.3 Å². The van der Waals surface area contributed by atoms with E-state index in [2.05, 4.69) is 10.3 Å². The number of thiazole rings is 1. The first-order chi connectivity index (χ1) is 11.2. The molecule has 0 aliphatic heterocycles. The third-order valence-corrected chi connectivity index (χ3v) is 4.13. The van der Waals surface area contributed by atoms with Crippen LogP contribution in [0.5, 0.6) is 0 Å². The second kappa shape index (κ2) is 6.95. The van der Waals surface area contributed by atoms with E-state index < -0.39 is 0 Å². The molecule has 0 unspecified atom stereocenters. The summed E-state index contributed by atoms with van der Waals surface area (Å²) in [6.45, 7) is 0.321. The van der Waals surface area contributed by atoms with Crippen LogP contribution in [0.2, 0.25) is 5.02 Å². The molecule has 0 bridgehead atoms. The van der Waals surface area contributed by atoms with E-state index in [1.807, 2.05) is 23.6 Å². The number of halogens is 1. The molecule has 2 aromatic heterocycles. The number of ether oxygens (including phenoxy) is 1. The summed E-state index contributed by atoms with van der Waals surface area (Å²) >= 11 is 7.48. The molecule has 23 heavy (non-hydrogen) atoms. The predicted octanol–water partition coefficient (Wildman–Crippen LogP) is 4.46. The molecule has 0 radical (unpaired) electrons. The lowest BCUT2D eigenvalue weighted by Gasteiger charge is -2.00. The smallest absolute Gasteiger partial charge is 0.293 e.